The van der Waals surface area contributed by atoms with E-state index in [0.29, 0.717) is 13.2 Å². The number of piperidine rings is 1. The van der Waals surface area contributed by atoms with Gasteiger partial charge in [-0.15, -0.1) is 23.7 Å². The summed E-state index contributed by atoms with van der Waals surface area (Å²) in [7, 11) is 0. The molecule has 3 heterocycles. The second kappa shape index (κ2) is 9.94. The molecule has 0 radical (unpaired) electrons. The van der Waals surface area contributed by atoms with Gasteiger partial charge in [0.1, 0.15) is 11.4 Å². The SMILES string of the molecule is CCCOc1ccccc1CNC(=O)c1cc2c(s1)C1(CCNCC1)OCC2.Cl. The van der Waals surface area contributed by atoms with Crippen molar-refractivity contribution in [3.8, 4) is 5.75 Å². The molecule has 1 amide bonds. The zero-order chi connectivity index (χ0) is 19.4. The van der Waals surface area contributed by atoms with E-state index in [1.54, 1.807) is 11.3 Å². The van der Waals surface area contributed by atoms with Crippen molar-refractivity contribution in [1.29, 1.82) is 0 Å². The first-order valence-electron chi connectivity index (χ1n) is 10.2. The smallest absolute Gasteiger partial charge is 0.261 e. The Morgan fingerprint density at radius 3 is 2.90 bits per heavy atom. The third kappa shape index (κ3) is 4.77. The summed E-state index contributed by atoms with van der Waals surface area (Å²) in [6, 6.07) is 9.97. The van der Waals surface area contributed by atoms with Crippen molar-refractivity contribution < 1.29 is 14.3 Å². The van der Waals surface area contributed by atoms with Crippen molar-refractivity contribution in [1.82, 2.24) is 10.6 Å². The second-order valence-corrected chi connectivity index (χ2v) is 8.50. The molecule has 7 heteroatoms. The fourth-order valence-corrected chi connectivity index (χ4v) is 5.33. The minimum Gasteiger partial charge on any atom is -0.493 e. The van der Waals surface area contributed by atoms with Gasteiger partial charge in [-0.05, 0) is 56.5 Å². The molecule has 1 fully saturated rings. The Morgan fingerprint density at radius 2 is 2.10 bits per heavy atom. The molecule has 1 spiro atoms. The average Bonchev–Trinajstić information content (AvgIpc) is 3.18. The van der Waals surface area contributed by atoms with Crippen LogP contribution in [0.2, 0.25) is 0 Å². The highest BCUT2D eigenvalue weighted by molar-refractivity contribution is 7.14. The van der Waals surface area contributed by atoms with Crippen LogP contribution >= 0.6 is 23.7 Å². The number of amides is 1. The lowest BCUT2D eigenvalue weighted by Crippen LogP contribution is -2.43. The molecule has 2 N–H and O–H groups in total. The first-order chi connectivity index (χ1) is 13.7. The van der Waals surface area contributed by atoms with E-state index in [0.717, 1.165) is 61.6 Å². The second-order valence-electron chi connectivity index (χ2n) is 7.45. The van der Waals surface area contributed by atoms with Crippen molar-refractivity contribution in [2.24, 2.45) is 0 Å². The van der Waals surface area contributed by atoms with Gasteiger partial charge < -0.3 is 20.1 Å². The Hall–Kier alpha value is -1.60. The van der Waals surface area contributed by atoms with Crippen LogP contribution in [0.1, 0.15) is 51.9 Å². The lowest BCUT2D eigenvalue weighted by Gasteiger charge is -2.40. The highest BCUT2D eigenvalue weighted by Crippen LogP contribution is 2.44. The molecule has 0 unspecified atom stereocenters. The van der Waals surface area contributed by atoms with E-state index < -0.39 is 0 Å². The van der Waals surface area contributed by atoms with Gasteiger partial charge in [0.15, 0.2) is 0 Å². The number of thiophene rings is 1. The van der Waals surface area contributed by atoms with E-state index in [1.165, 1.54) is 10.4 Å². The molecule has 1 aromatic heterocycles. The molecule has 0 bridgehead atoms. The van der Waals surface area contributed by atoms with Gasteiger partial charge in [0.25, 0.3) is 5.91 Å². The molecule has 158 valence electrons. The number of para-hydroxylation sites is 1. The minimum absolute atomic E-state index is 0. The Kier molecular flexibility index (Phi) is 7.57. The molecule has 4 rings (SSSR count). The number of ether oxygens (including phenoxy) is 2. The van der Waals surface area contributed by atoms with Crippen LogP contribution in [0.15, 0.2) is 30.3 Å². The first-order valence-corrected chi connectivity index (χ1v) is 11.0. The van der Waals surface area contributed by atoms with Crippen LogP contribution in [0.4, 0.5) is 0 Å². The molecule has 0 saturated carbocycles. The van der Waals surface area contributed by atoms with Gasteiger partial charge in [0.2, 0.25) is 0 Å². The summed E-state index contributed by atoms with van der Waals surface area (Å²) in [5, 5.41) is 6.48. The minimum atomic E-state index is -0.192. The third-order valence-corrected chi connectivity index (χ3v) is 6.84. The predicted octanol–water partition coefficient (Wildman–Crippen LogP) is 4.04. The fourth-order valence-electron chi connectivity index (χ4n) is 4.00. The van der Waals surface area contributed by atoms with Crippen molar-refractivity contribution in [3.05, 3.63) is 51.2 Å². The van der Waals surface area contributed by atoms with Gasteiger partial charge in [-0.3, -0.25) is 4.79 Å². The number of benzene rings is 1. The molecule has 2 aromatic rings. The number of carbonyl (C=O) groups is 1. The summed E-state index contributed by atoms with van der Waals surface area (Å²) in [5.41, 5.74) is 2.10. The average molecular weight is 437 g/mol. The van der Waals surface area contributed by atoms with Crippen LogP contribution < -0.4 is 15.4 Å². The lowest BCUT2D eigenvalue weighted by molar-refractivity contribution is -0.0771. The Bertz CT molecular complexity index is 833. The maximum Gasteiger partial charge on any atom is 0.261 e. The monoisotopic (exact) mass is 436 g/mol. The molecule has 1 aromatic carbocycles. The van der Waals surface area contributed by atoms with Crippen molar-refractivity contribution in [2.45, 2.75) is 44.8 Å². The Labute approximate surface area is 182 Å². The number of hydrogen-bond donors (Lipinski definition) is 2. The van der Waals surface area contributed by atoms with Gasteiger partial charge in [0.05, 0.1) is 18.1 Å². The van der Waals surface area contributed by atoms with Gasteiger partial charge in [-0.2, -0.15) is 0 Å². The van der Waals surface area contributed by atoms with E-state index in [2.05, 4.69) is 23.6 Å². The number of nitrogens with one attached hydrogen (secondary N) is 2. The van der Waals surface area contributed by atoms with Crippen molar-refractivity contribution in [3.63, 3.8) is 0 Å². The van der Waals surface area contributed by atoms with Gasteiger partial charge in [-0.1, -0.05) is 25.1 Å². The van der Waals surface area contributed by atoms with E-state index >= 15 is 0 Å². The van der Waals surface area contributed by atoms with E-state index in [1.807, 2.05) is 24.3 Å². The molecule has 5 nitrogen and oxygen atoms in total. The van der Waals surface area contributed by atoms with Crippen LogP contribution in [-0.4, -0.2) is 32.2 Å². The normalized spacial score (nSPS) is 17.3. The first kappa shape index (κ1) is 22.1. The predicted molar refractivity (Wildman–Crippen MR) is 118 cm³/mol. The number of rotatable bonds is 6. The van der Waals surface area contributed by atoms with Crippen LogP contribution in [0.3, 0.4) is 0 Å². The van der Waals surface area contributed by atoms with Crippen molar-refractivity contribution in [2.75, 3.05) is 26.3 Å². The zero-order valence-corrected chi connectivity index (χ0v) is 18.4. The highest BCUT2D eigenvalue weighted by atomic mass is 35.5. The number of carbonyl (C=O) groups excluding carboxylic acids is 1. The van der Waals surface area contributed by atoms with Crippen LogP contribution in [0.5, 0.6) is 5.75 Å². The number of hydrogen-bond acceptors (Lipinski definition) is 5. The van der Waals surface area contributed by atoms with E-state index in [9.17, 15) is 4.79 Å². The Balaban J connectivity index is 0.00000240. The van der Waals surface area contributed by atoms with Gasteiger partial charge >= 0.3 is 0 Å². The summed E-state index contributed by atoms with van der Waals surface area (Å²) < 4.78 is 12.0. The maximum absolute atomic E-state index is 12.8. The molecule has 29 heavy (non-hydrogen) atoms. The van der Waals surface area contributed by atoms with Gasteiger partial charge in [-0.25, -0.2) is 0 Å². The summed E-state index contributed by atoms with van der Waals surface area (Å²) in [5.74, 6) is 0.825. The topological polar surface area (TPSA) is 59.6 Å². The molecule has 2 aliphatic rings. The third-order valence-electron chi connectivity index (χ3n) is 5.48. The summed E-state index contributed by atoms with van der Waals surface area (Å²) in [6.45, 7) is 5.90. The summed E-state index contributed by atoms with van der Waals surface area (Å²) >= 11 is 1.61. The molecule has 0 aliphatic carbocycles. The molecule has 1 saturated heterocycles. The zero-order valence-electron chi connectivity index (χ0n) is 16.8. The maximum atomic E-state index is 12.8. The molecule has 2 aliphatic heterocycles. The fraction of sp³-hybridized carbons (Fsp3) is 0.500. The molecular formula is C22H29ClN2O3S. The van der Waals surface area contributed by atoms with Crippen LogP contribution in [0.25, 0.3) is 0 Å². The highest BCUT2D eigenvalue weighted by Gasteiger charge is 2.41. The quantitative estimate of drug-likeness (QED) is 0.717. The lowest BCUT2D eigenvalue weighted by atomic mass is 9.86. The number of halogens is 1. The van der Waals surface area contributed by atoms with Gasteiger partial charge in [0, 0.05) is 17.0 Å². The van der Waals surface area contributed by atoms with E-state index in [4.69, 9.17) is 9.47 Å². The molecule has 0 atom stereocenters. The van der Waals surface area contributed by atoms with Crippen molar-refractivity contribution >= 4 is 29.7 Å². The molecular weight excluding hydrogens is 408 g/mol. The standard InChI is InChI=1S/C22H28N2O3S.ClH/c1-2-12-26-18-6-4-3-5-17(18)15-24-21(25)19-14-16-7-13-27-22(20(16)28-19)8-10-23-11-9-22;/h3-6,14,23H,2,7-13,15H2,1H3,(H,24,25);1H. The Morgan fingerprint density at radius 1 is 1.31 bits per heavy atom. The summed E-state index contributed by atoms with van der Waals surface area (Å²) in [6.07, 6.45) is 3.80. The van der Waals surface area contributed by atoms with E-state index in [-0.39, 0.29) is 23.9 Å². The largest absolute Gasteiger partial charge is 0.493 e. The van der Waals surface area contributed by atoms with Crippen LogP contribution in [0, 0.1) is 0 Å². The van der Waals surface area contributed by atoms with Crippen LogP contribution in [-0.2, 0) is 23.3 Å². The number of fused-ring (bicyclic) bond motifs is 2. The summed E-state index contributed by atoms with van der Waals surface area (Å²) in [4.78, 5) is 14.9.